The summed E-state index contributed by atoms with van der Waals surface area (Å²) in [5.74, 6) is 0. The van der Waals surface area contributed by atoms with Crippen molar-refractivity contribution in [2.24, 2.45) is 0 Å². The maximum Gasteiger partial charge on any atom is 0.0945 e. The van der Waals surface area contributed by atoms with E-state index in [4.69, 9.17) is 4.74 Å². The lowest BCUT2D eigenvalue weighted by atomic mass is 10.1. The molecule has 0 bridgehead atoms. The van der Waals surface area contributed by atoms with Crippen LogP contribution < -0.4 is 5.32 Å². The highest BCUT2D eigenvalue weighted by atomic mass is 16.5. The Labute approximate surface area is 110 Å². The normalized spacial score (nSPS) is 13.4. The van der Waals surface area contributed by atoms with Gasteiger partial charge in [-0.05, 0) is 38.8 Å². The first kappa shape index (κ1) is 15.0. The molecule has 1 aromatic carbocycles. The molecular weight excluding hydrogens is 226 g/mol. The Morgan fingerprint density at radius 1 is 1.28 bits per heavy atom. The maximum atomic E-state index is 9.85. The van der Waals surface area contributed by atoms with E-state index < -0.39 is 6.10 Å². The average molecular weight is 251 g/mol. The molecule has 3 heteroatoms. The van der Waals surface area contributed by atoms with E-state index in [1.54, 1.807) is 0 Å². The highest BCUT2D eigenvalue weighted by Gasteiger charge is 2.13. The van der Waals surface area contributed by atoms with Gasteiger partial charge in [-0.15, -0.1) is 0 Å². The zero-order chi connectivity index (χ0) is 13.6. The highest BCUT2D eigenvalue weighted by Crippen LogP contribution is 2.15. The van der Waals surface area contributed by atoms with Gasteiger partial charge in [-0.1, -0.05) is 25.1 Å². The molecule has 0 aromatic heterocycles. The van der Waals surface area contributed by atoms with Gasteiger partial charge in [0.1, 0.15) is 0 Å². The monoisotopic (exact) mass is 251 g/mol. The molecule has 1 aromatic rings. The molecule has 0 aliphatic carbocycles. The van der Waals surface area contributed by atoms with Gasteiger partial charge in [-0.25, -0.2) is 0 Å². The molecule has 1 unspecified atom stereocenters. The van der Waals surface area contributed by atoms with Crippen LogP contribution in [-0.2, 0) is 11.2 Å². The molecule has 0 amide bonds. The molecule has 18 heavy (non-hydrogen) atoms. The van der Waals surface area contributed by atoms with Crippen molar-refractivity contribution in [3.8, 4) is 0 Å². The smallest absolute Gasteiger partial charge is 0.0945 e. The summed E-state index contributed by atoms with van der Waals surface area (Å²) in [6.07, 6.45) is 0.492. The fourth-order valence-electron chi connectivity index (χ4n) is 1.63. The SMILES string of the molecule is CCc1ccccc1NCC(O)COC(C)(C)C. The molecule has 2 N–H and O–H groups in total. The summed E-state index contributed by atoms with van der Waals surface area (Å²) in [6.45, 7) is 8.94. The number of rotatable bonds is 6. The van der Waals surface area contributed by atoms with E-state index in [9.17, 15) is 5.11 Å². The Balaban J connectivity index is 2.40. The van der Waals surface area contributed by atoms with Crippen molar-refractivity contribution >= 4 is 5.69 Å². The summed E-state index contributed by atoms with van der Waals surface area (Å²) in [5.41, 5.74) is 2.15. The number of anilines is 1. The van der Waals surface area contributed by atoms with E-state index in [1.165, 1.54) is 5.56 Å². The van der Waals surface area contributed by atoms with Crippen molar-refractivity contribution < 1.29 is 9.84 Å². The Hall–Kier alpha value is -1.06. The third kappa shape index (κ3) is 5.52. The minimum atomic E-state index is -0.492. The largest absolute Gasteiger partial charge is 0.389 e. The highest BCUT2D eigenvalue weighted by molar-refractivity contribution is 5.51. The van der Waals surface area contributed by atoms with Crippen LogP contribution in [0.25, 0.3) is 0 Å². The van der Waals surface area contributed by atoms with Crippen LogP contribution in [0, 0.1) is 0 Å². The van der Waals surface area contributed by atoms with Crippen molar-refractivity contribution in [3.05, 3.63) is 29.8 Å². The zero-order valence-corrected chi connectivity index (χ0v) is 11.9. The summed E-state index contributed by atoms with van der Waals surface area (Å²) in [4.78, 5) is 0. The standard InChI is InChI=1S/C15H25NO2/c1-5-12-8-6-7-9-14(12)16-10-13(17)11-18-15(2,3)4/h6-9,13,16-17H,5,10-11H2,1-4H3. The number of ether oxygens (including phenoxy) is 1. The first-order valence-corrected chi connectivity index (χ1v) is 6.56. The molecule has 1 atom stereocenters. The van der Waals surface area contributed by atoms with Crippen LogP contribution in [-0.4, -0.2) is 30.0 Å². The topological polar surface area (TPSA) is 41.5 Å². The van der Waals surface area contributed by atoms with Crippen molar-refractivity contribution in [1.29, 1.82) is 0 Å². The van der Waals surface area contributed by atoms with Crippen LogP contribution >= 0.6 is 0 Å². The molecule has 3 nitrogen and oxygen atoms in total. The Kier molecular flexibility index (Phi) is 5.63. The lowest BCUT2D eigenvalue weighted by Crippen LogP contribution is -2.30. The molecule has 0 saturated heterocycles. The number of para-hydroxylation sites is 1. The number of nitrogens with one attached hydrogen (secondary N) is 1. The van der Waals surface area contributed by atoms with Crippen LogP contribution in [0.15, 0.2) is 24.3 Å². The van der Waals surface area contributed by atoms with E-state index in [0.29, 0.717) is 13.2 Å². The summed E-state index contributed by atoms with van der Waals surface area (Å²) < 4.78 is 5.55. The van der Waals surface area contributed by atoms with Crippen LogP contribution in [0.5, 0.6) is 0 Å². The van der Waals surface area contributed by atoms with E-state index >= 15 is 0 Å². The Bertz CT molecular complexity index is 358. The first-order valence-electron chi connectivity index (χ1n) is 6.56. The minimum Gasteiger partial charge on any atom is -0.389 e. The van der Waals surface area contributed by atoms with Gasteiger partial charge >= 0.3 is 0 Å². The molecule has 0 fully saturated rings. The summed E-state index contributed by atoms with van der Waals surface area (Å²) in [6, 6.07) is 8.17. The molecule has 0 spiro atoms. The maximum absolute atomic E-state index is 9.85. The molecule has 0 aliphatic heterocycles. The van der Waals surface area contributed by atoms with Gasteiger partial charge in [0.05, 0.1) is 18.3 Å². The molecule has 0 saturated carbocycles. The molecule has 102 valence electrons. The van der Waals surface area contributed by atoms with Crippen LogP contribution in [0.2, 0.25) is 0 Å². The van der Waals surface area contributed by atoms with Gasteiger partial charge in [-0.3, -0.25) is 0 Å². The van der Waals surface area contributed by atoms with Crippen LogP contribution in [0.4, 0.5) is 5.69 Å². The van der Waals surface area contributed by atoms with Gasteiger partial charge in [0.2, 0.25) is 0 Å². The molecule has 1 rings (SSSR count). The van der Waals surface area contributed by atoms with Gasteiger partial charge in [0.15, 0.2) is 0 Å². The second-order valence-corrected chi connectivity index (χ2v) is 5.47. The lowest BCUT2D eigenvalue weighted by molar-refractivity contribution is -0.0449. The number of benzene rings is 1. The van der Waals surface area contributed by atoms with Crippen LogP contribution in [0.1, 0.15) is 33.3 Å². The fourth-order valence-corrected chi connectivity index (χ4v) is 1.63. The lowest BCUT2D eigenvalue weighted by Gasteiger charge is -2.22. The van der Waals surface area contributed by atoms with Crippen molar-refractivity contribution in [3.63, 3.8) is 0 Å². The Morgan fingerprint density at radius 3 is 2.56 bits per heavy atom. The predicted octanol–water partition coefficient (Wildman–Crippen LogP) is 2.84. The number of aliphatic hydroxyl groups excluding tert-OH is 1. The third-order valence-electron chi connectivity index (χ3n) is 2.64. The number of aryl methyl sites for hydroxylation is 1. The van der Waals surface area contributed by atoms with Crippen LogP contribution in [0.3, 0.4) is 0 Å². The number of aliphatic hydroxyl groups is 1. The van der Waals surface area contributed by atoms with E-state index in [-0.39, 0.29) is 5.60 Å². The fraction of sp³-hybridized carbons (Fsp3) is 0.600. The predicted molar refractivity (Wildman–Crippen MR) is 76.0 cm³/mol. The second-order valence-electron chi connectivity index (χ2n) is 5.47. The van der Waals surface area contributed by atoms with E-state index in [0.717, 1.165) is 12.1 Å². The summed E-state index contributed by atoms with van der Waals surface area (Å²) >= 11 is 0. The van der Waals surface area contributed by atoms with Gasteiger partial charge in [0.25, 0.3) is 0 Å². The van der Waals surface area contributed by atoms with E-state index in [2.05, 4.69) is 18.3 Å². The van der Waals surface area contributed by atoms with Gasteiger partial charge < -0.3 is 15.2 Å². The average Bonchev–Trinajstić information content (AvgIpc) is 2.33. The third-order valence-corrected chi connectivity index (χ3v) is 2.64. The zero-order valence-electron chi connectivity index (χ0n) is 11.9. The van der Waals surface area contributed by atoms with Gasteiger partial charge in [0, 0.05) is 12.2 Å². The van der Waals surface area contributed by atoms with Crippen molar-refractivity contribution in [1.82, 2.24) is 0 Å². The molecule has 0 radical (unpaired) electrons. The summed E-state index contributed by atoms with van der Waals surface area (Å²) in [7, 11) is 0. The second kappa shape index (κ2) is 6.76. The van der Waals surface area contributed by atoms with Crippen molar-refractivity contribution in [2.75, 3.05) is 18.5 Å². The van der Waals surface area contributed by atoms with E-state index in [1.807, 2.05) is 39.0 Å². The van der Waals surface area contributed by atoms with Crippen molar-refractivity contribution in [2.45, 2.75) is 45.8 Å². The molecule has 0 aliphatic rings. The Morgan fingerprint density at radius 2 is 1.94 bits per heavy atom. The minimum absolute atomic E-state index is 0.206. The summed E-state index contributed by atoms with van der Waals surface area (Å²) in [5, 5.41) is 13.1. The quantitative estimate of drug-likeness (QED) is 0.817. The number of hydrogen-bond donors (Lipinski definition) is 2. The molecular formula is C15H25NO2. The number of hydrogen-bond acceptors (Lipinski definition) is 3. The van der Waals surface area contributed by atoms with Gasteiger partial charge in [-0.2, -0.15) is 0 Å². The molecule has 0 heterocycles. The first-order chi connectivity index (χ1) is 8.42.